The fraction of sp³-hybridized carbons (Fsp3) is 0.279. The Morgan fingerprint density at radius 1 is 0.653 bits per heavy atom. The molecular formula is C68H64F3NO3. The third-order valence-electron chi connectivity index (χ3n) is 16.4. The number of hydrogen-bond donors (Lipinski definition) is 1. The highest BCUT2D eigenvalue weighted by Gasteiger charge is 2.45. The molecule has 1 saturated carbocycles. The quantitative estimate of drug-likeness (QED) is 0.104. The summed E-state index contributed by atoms with van der Waals surface area (Å²) in [6, 6.07) is 46.7. The van der Waals surface area contributed by atoms with Gasteiger partial charge in [0.1, 0.15) is 29.0 Å². The van der Waals surface area contributed by atoms with Crippen molar-refractivity contribution in [2.24, 2.45) is 5.92 Å². The van der Waals surface area contributed by atoms with Crippen LogP contribution in [0.5, 0.6) is 11.5 Å². The van der Waals surface area contributed by atoms with E-state index in [0.717, 1.165) is 63.8 Å². The van der Waals surface area contributed by atoms with Crippen LogP contribution in [0.15, 0.2) is 158 Å². The van der Waals surface area contributed by atoms with Crippen molar-refractivity contribution in [2.45, 2.75) is 109 Å². The number of unbranched alkanes of at least 4 members (excludes halogenated alkanes) is 3. The van der Waals surface area contributed by atoms with Crippen LogP contribution >= 0.6 is 0 Å². The van der Waals surface area contributed by atoms with Gasteiger partial charge in [0.25, 0.3) is 5.91 Å². The van der Waals surface area contributed by atoms with E-state index in [1.54, 1.807) is 12.1 Å². The van der Waals surface area contributed by atoms with Crippen LogP contribution in [0.4, 0.5) is 18.9 Å². The Morgan fingerprint density at radius 2 is 1.25 bits per heavy atom. The van der Waals surface area contributed by atoms with Crippen LogP contribution in [-0.2, 0) is 11.0 Å². The third kappa shape index (κ3) is 9.45. The molecule has 1 N–H and O–H groups in total. The maximum Gasteiger partial charge on any atom is 0.255 e. The van der Waals surface area contributed by atoms with Crippen molar-refractivity contribution in [1.29, 1.82) is 0 Å². The summed E-state index contributed by atoms with van der Waals surface area (Å²) >= 11 is 0. The molecule has 3 aliphatic rings. The number of halogens is 3. The van der Waals surface area contributed by atoms with Gasteiger partial charge >= 0.3 is 0 Å². The molecule has 1 fully saturated rings. The fourth-order valence-electron chi connectivity index (χ4n) is 12.2. The highest BCUT2D eigenvalue weighted by molar-refractivity contribution is 6.09. The molecule has 1 amide bonds. The lowest BCUT2D eigenvalue weighted by Gasteiger charge is -2.38. The first-order valence-corrected chi connectivity index (χ1v) is 27.1. The molecule has 8 aromatic carbocycles. The highest BCUT2D eigenvalue weighted by atomic mass is 19.1. The van der Waals surface area contributed by atoms with E-state index >= 15 is 8.78 Å². The van der Waals surface area contributed by atoms with Gasteiger partial charge in [-0.15, -0.1) is 0 Å². The summed E-state index contributed by atoms with van der Waals surface area (Å²) in [6.07, 6.45) is 16.5. The Bertz CT molecular complexity index is 3410. The van der Waals surface area contributed by atoms with Crippen LogP contribution < -0.4 is 14.8 Å². The van der Waals surface area contributed by atoms with Crippen LogP contribution in [0.1, 0.15) is 142 Å². The number of amides is 1. The van der Waals surface area contributed by atoms with Crippen molar-refractivity contribution in [3.05, 3.63) is 214 Å². The van der Waals surface area contributed by atoms with Crippen molar-refractivity contribution in [3.63, 3.8) is 0 Å². The zero-order valence-corrected chi connectivity index (χ0v) is 43.4. The molecule has 380 valence electrons. The summed E-state index contributed by atoms with van der Waals surface area (Å²) in [6.45, 7) is 9.19. The molecule has 4 nitrogen and oxygen atoms in total. The number of benzene rings is 8. The maximum atomic E-state index is 16.8. The molecule has 1 heterocycles. The molecule has 8 aromatic rings. The van der Waals surface area contributed by atoms with Gasteiger partial charge < -0.3 is 14.8 Å². The minimum absolute atomic E-state index is 0.0392. The number of anilines is 1. The van der Waals surface area contributed by atoms with E-state index in [9.17, 15) is 9.18 Å². The Hall–Kier alpha value is -7.38. The Kier molecular flexibility index (Phi) is 13.8. The maximum absolute atomic E-state index is 16.8. The molecule has 1 unspecified atom stereocenters. The van der Waals surface area contributed by atoms with Gasteiger partial charge in [0.2, 0.25) is 0 Å². The zero-order valence-electron chi connectivity index (χ0n) is 43.4. The molecule has 1 atom stereocenters. The van der Waals surface area contributed by atoms with Gasteiger partial charge in [0.15, 0.2) is 5.60 Å². The summed E-state index contributed by atoms with van der Waals surface area (Å²) < 4.78 is 61.1. The van der Waals surface area contributed by atoms with Gasteiger partial charge in [-0.1, -0.05) is 151 Å². The highest BCUT2D eigenvalue weighted by Crippen LogP contribution is 2.59. The molecule has 0 spiro atoms. The normalized spacial score (nSPS) is 18.2. The Balaban J connectivity index is 0.848. The van der Waals surface area contributed by atoms with Gasteiger partial charge in [0, 0.05) is 38.7 Å². The number of carbonyl (C=O) groups excluding carboxylic acids is 1. The monoisotopic (exact) mass is 999 g/mol. The van der Waals surface area contributed by atoms with Crippen LogP contribution in [0.3, 0.4) is 0 Å². The third-order valence-corrected chi connectivity index (χ3v) is 16.4. The van der Waals surface area contributed by atoms with Crippen LogP contribution in [0, 0.1) is 23.4 Å². The standard InChI is InChI=1S/C68H64F3NO3/c1-5-7-9-10-43-11-13-44(14-12-43)45-15-17-46(18-16-45)47-19-21-49(22-20-47)66(73)72-54-32-23-48(24-33-54)50-25-36-58-57(42-50)61-62-59(70)37-38-60(71)63(62)65-56(64(61)67(58,3)4)39-40-68(75-65,51-26-30-53(69)31-27-51)52-28-34-55(35-29-52)74-41-8-6-2/h15-40,42-44H,5-14,41H2,1-4H3,(H,72,73)/t43-,44-,68?. The lowest BCUT2D eigenvalue weighted by molar-refractivity contribution is 0.102. The van der Waals surface area contributed by atoms with Gasteiger partial charge in [-0.25, -0.2) is 13.2 Å². The number of ether oxygens (including phenoxy) is 2. The van der Waals surface area contributed by atoms with Crippen LogP contribution in [0.25, 0.3) is 50.2 Å². The number of carbonyl (C=O) groups is 1. The predicted molar refractivity (Wildman–Crippen MR) is 299 cm³/mol. The fourth-order valence-corrected chi connectivity index (χ4v) is 12.2. The lowest BCUT2D eigenvalue weighted by atomic mass is 9.76. The van der Waals surface area contributed by atoms with Crippen LogP contribution in [0.2, 0.25) is 0 Å². The van der Waals surface area contributed by atoms with Gasteiger partial charge in [0.05, 0.1) is 12.0 Å². The summed E-state index contributed by atoms with van der Waals surface area (Å²) in [5, 5.41) is 3.25. The molecule has 0 aromatic heterocycles. The van der Waals surface area contributed by atoms with Gasteiger partial charge in [-0.3, -0.25) is 4.79 Å². The molecule has 11 rings (SSSR count). The van der Waals surface area contributed by atoms with Crippen molar-refractivity contribution < 1.29 is 27.4 Å². The van der Waals surface area contributed by atoms with Crippen molar-refractivity contribution in [3.8, 4) is 44.9 Å². The Morgan fingerprint density at radius 3 is 1.92 bits per heavy atom. The number of fused-ring (bicyclic) bond motifs is 8. The first kappa shape index (κ1) is 49.8. The molecule has 0 bridgehead atoms. The predicted octanol–water partition coefficient (Wildman–Crippen LogP) is 18.5. The van der Waals surface area contributed by atoms with E-state index < -0.39 is 28.5 Å². The van der Waals surface area contributed by atoms with Crippen LogP contribution in [-0.4, -0.2) is 12.5 Å². The molecule has 75 heavy (non-hydrogen) atoms. The minimum Gasteiger partial charge on any atom is -0.494 e. The molecular weight excluding hydrogens is 936 g/mol. The molecule has 2 aliphatic carbocycles. The largest absolute Gasteiger partial charge is 0.494 e. The number of nitrogens with one attached hydrogen (secondary N) is 1. The first-order chi connectivity index (χ1) is 36.4. The first-order valence-electron chi connectivity index (χ1n) is 27.1. The number of rotatable bonds is 15. The smallest absolute Gasteiger partial charge is 0.255 e. The van der Waals surface area contributed by atoms with E-state index in [-0.39, 0.29) is 22.4 Å². The summed E-state index contributed by atoms with van der Waals surface area (Å²) in [5.74, 6) is 0.674. The number of hydrogen-bond acceptors (Lipinski definition) is 3. The minimum atomic E-state index is -1.32. The Labute approximate surface area is 439 Å². The second-order valence-corrected chi connectivity index (χ2v) is 21.5. The average molecular weight is 1000 g/mol. The second-order valence-electron chi connectivity index (χ2n) is 21.5. The topological polar surface area (TPSA) is 47.6 Å². The second kappa shape index (κ2) is 20.7. The molecule has 1 aliphatic heterocycles. The summed E-state index contributed by atoms with van der Waals surface area (Å²) in [4.78, 5) is 13.5. The summed E-state index contributed by atoms with van der Waals surface area (Å²) in [5.41, 5.74) is 9.91. The van der Waals surface area contributed by atoms with Gasteiger partial charge in [-0.05, 0) is 167 Å². The van der Waals surface area contributed by atoms with Crippen molar-refractivity contribution >= 4 is 28.4 Å². The van der Waals surface area contributed by atoms with E-state index in [1.807, 2.05) is 84.9 Å². The molecule has 7 heteroatoms. The van der Waals surface area contributed by atoms with Crippen molar-refractivity contribution in [1.82, 2.24) is 0 Å². The zero-order chi connectivity index (χ0) is 51.8. The van der Waals surface area contributed by atoms with E-state index in [4.69, 9.17) is 9.47 Å². The molecule has 0 radical (unpaired) electrons. The lowest BCUT2D eigenvalue weighted by Crippen LogP contribution is -2.35. The average Bonchev–Trinajstić information content (AvgIpc) is 3.69. The van der Waals surface area contributed by atoms with Crippen molar-refractivity contribution in [2.75, 3.05) is 11.9 Å². The summed E-state index contributed by atoms with van der Waals surface area (Å²) in [7, 11) is 0. The van der Waals surface area contributed by atoms with E-state index in [2.05, 4.69) is 75.5 Å². The van der Waals surface area contributed by atoms with Gasteiger partial charge in [-0.2, -0.15) is 0 Å². The SMILES string of the molecule is CCCCC[C@H]1CC[C@H](c2ccc(-c3ccc(C(=O)Nc4ccc(-c5ccc6c(c5)-c5c(c7c(c8c(F)ccc(F)c58)OC(c5ccc(F)cc5)(c5ccc(OCCCC)cc5)C=C7)C6(C)C)cc4)cc3)cc2)CC1. The molecule has 0 saturated heterocycles. The van der Waals surface area contributed by atoms with E-state index in [1.165, 1.54) is 75.1 Å². The van der Waals surface area contributed by atoms with E-state index in [0.29, 0.717) is 51.8 Å².